The molecule has 0 aromatic heterocycles. The van der Waals surface area contributed by atoms with Crippen molar-refractivity contribution in [2.24, 2.45) is 11.8 Å². The van der Waals surface area contributed by atoms with Crippen molar-refractivity contribution < 1.29 is 14.7 Å². The van der Waals surface area contributed by atoms with Crippen LogP contribution in [0.4, 0.5) is 0 Å². The lowest BCUT2D eigenvalue weighted by atomic mass is 10.1. The molecule has 1 N–H and O–H groups in total. The van der Waals surface area contributed by atoms with Gasteiger partial charge in [-0.15, -0.1) is 0 Å². The Morgan fingerprint density at radius 2 is 1.94 bits per heavy atom. The van der Waals surface area contributed by atoms with Crippen molar-refractivity contribution in [3.63, 3.8) is 0 Å². The van der Waals surface area contributed by atoms with Crippen LogP contribution < -0.4 is 0 Å². The van der Waals surface area contributed by atoms with Gasteiger partial charge >= 0.3 is 5.97 Å². The molecule has 1 saturated carbocycles. The van der Waals surface area contributed by atoms with Gasteiger partial charge in [0.2, 0.25) is 0 Å². The summed E-state index contributed by atoms with van der Waals surface area (Å²) in [6.07, 6.45) is 0.932. The summed E-state index contributed by atoms with van der Waals surface area (Å²) in [4.78, 5) is 25.0. The number of rotatable bonds is 2. The second-order valence-corrected chi connectivity index (χ2v) is 5.34. The van der Waals surface area contributed by atoms with Crippen LogP contribution in [0.2, 0.25) is 5.02 Å². The van der Waals surface area contributed by atoms with Gasteiger partial charge in [-0.05, 0) is 42.5 Å². The van der Waals surface area contributed by atoms with Gasteiger partial charge in [-0.3, -0.25) is 4.79 Å². The lowest BCUT2D eigenvalue weighted by Crippen LogP contribution is -2.43. The summed E-state index contributed by atoms with van der Waals surface area (Å²) in [6.45, 7) is 0.559. The summed E-state index contributed by atoms with van der Waals surface area (Å²) in [5.74, 6) is -0.588. The van der Waals surface area contributed by atoms with E-state index < -0.39 is 12.0 Å². The Kier molecular flexibility index (Phi) is 2.55. The zero-order chi connectivity index (χ0) is 12.9. The number of hydrogen-bond donors (Lipinski definition) is 1. The van der Waals surface area contributed by atoms with E-state index >= 15 is 0 Å². The third-order valence-electron chi connectivity index (χ3n) is 3.75. The van der Waals surface area contributed by atoms with Crippen molar-refractivity contribution in [1.82, 2.24) is 4.90 Å². The fourth-order valence-corrected chi connectivity index (χ4v) is 2.87. The number of piperidine rings is 1. The number of aliphatic carboxylic acids is 1. The number of benzene rings is 1. The van der Waals surface area contributed by atoms with Gasteiger partial charge in [0.15, 0.2) is 0 Å². The summed E-state index contributed by atoms with van der Waals surface area (Å²) in [7, 11) is 0. The Morgan fingerprint density at radius 1 is 1.28 bits per heavy atom. The van der Waals surface area contributed by atoms with Gasteiger partial charge in [0.05, 0.1) is 0 Å². The monoisotopic (exact) mass is 265 g/mol. The van der Waals surface area contributed by atoms with Crippen LogP contribution >= 0.6 is 11.6 Å². The highest BCUT2D eigenvalue weighted by Gasteiger charge is 2.57. The molecule has 2 fully saturated rings. The lowest BCUT2D eigenvalue weighted by molar-refractivity contribution is -0.142. The average molecular weight is 266 g/mol. The number of carbonyl (C=O) groups excluding carboxylic acids is 1. The third-order valence-corrected chi connectivity index (χ3v) is 4.01. The van der Waals surface area contributed by atoms with Gasteiger partial charge < -0.3 is 10.0 Å². The van der Waals surface area contributed by atoms with Gasteiger partial charge in [-0.25, -0.2) is 4.79 Å². The number of amides is 1. The quantitative estimate of drug-likeness (QED) is 0.888. The van der Waals surface area contributed by atoms with E-state index in [1.165, 1.54) is 4.90 Å². The molecule has 5 heteroatoms. The van der Waals surface area contributed by atoms with Crippen molar-refractivity contribution in [2.75, 3.05) is 6.54 Å². The molecule has 0 unspecified atom stereocenters. The van der Waals surface area contributed by atoms with E-state index in [0.29, 0.717) is 23.0 Å². The van der Waals surface area contributed by atoms with E-state index in [9.17, 15) is 14.7 Å². The van der Waals surface area contributed by atoms with Crippen LogP contribution in [0.5, 0.6) is 0 Å². The minimum absolute atomic E-state index is 0.152. The predicted octanol–water partition coefficient (Wildman–Crippen LogP) is 1.89. The van der Waals surface area contributed by atoms with Crippen molar-refractivity contribution in [1.29, 1.82) is 0 Å². The van der Waals surface area contributed by atoms with Crippen LogP contribution in [0.3, 0.4) is 0 Å². The second kappa shape index (κ2) is 3.99. The lowest BCUT2D eigenvalue weighted by Gasteiger charge is -2.24. The fraction of sp³-hybridized carbons (Fsp3) is 0.385. The molecule has 1 aliphatic heterocycles. The van der Waals surface area contributed by atoms with E-state index in [4.69, 9.17) is 11.6 Å². The molecular formula is C13H12ClNO3. The third kappa shape index (κ3) is 1.77. The molecule has 4 nitrogen and oxygen atoms in total. The van der Waals surface area contributed by atoms with Crippen LogP contribution in [0.1, 0.15) is 16.8 Å². The number of halogens is 1. The van der Waals surface area contributed by atoms with Gasteiger partial charge in [-0.1, -0.05) is 11.6 Å². The first kappa shape index (κ1) is 11.5. The minimum atomic E-state index is -0.901. The maximum absolute atomic E-state index is 12.3. The van der Waals surface area contributed by atoms with Crippen molar-refractivity contribution in [3.8, 4) is 0 Å². The van der Waals surface area contributed by atoms with Crippen LogP contribution in [0.25, 0.3) is 0 Å². The first-order valence-electron chi connectivity index (χ1n) is 5.87. The SMILES string of the molecule is O=C(O)[C@@H]1[C@@H]2C[C@H]2CN1C(=O)c1ccc(Cl)cc1. The molecule has 0 radical (unpaired) electrons. The van der Waals surface area contributed by atoms with E-state index in [2.05, 4.69) is 0 Å². The van der Waals surface area contributed by atoms with E-state index in [-0.39, 0.29) is 11.8 Å². The highest BCUT2D eigenvalue weighted by atomic mass is 35.5. The fourth-order valence-electron chi connectivity index (χ4n) is 2.75. The molecule has 1 amide bonds. The highest BCUT2D eigenvalue weighted by molar-refractivity contribution is 6.30. The standard InChI is InChI=1S/C13H12ClNO3/c14-9-3-1-7(2-4-9)12(16)15-6-8-5-10(8)11(15)13(17)18/h1-4,8,10-11H,5-6H2,(H,17,18)/t8-,10+,11-/m0/s1. The molecule has 0 bridgehead atoms. The smallest absolute Gasteiger partial charge is 0.326 e. The number of carboxylic acid groups (broad SMARTS) is 1. The van der Waals surface area contributed by atoms with Gasteiger partial charge in [-0.2, -0.15) is 0 Å². The maximum atomic E-state index is 12.3. The predicted molar refractivity (Wildman–Crippen MR) is 65.5 cm³/mol. The van der Waals surface area contributed by atoms with Crippen LogP contribution in [-0.2, 0) is 4.79 Å². The Hall–Kier alpha value is -1.55. The molecule has 0 spiro atoms. The van der Waals surface area contributed by atoms with Crippen molar-refractivity contribution in [3.05, 3.63) is 34.9 Å². The summed E-state index contributed by atoms with van der Waals surface area (Å²) >= 11 is 5.77. The molecule has 1 aliphatic carbocycles. The summed E-state index contributed by atoms with van der Waals surface area (Å²) in [5, 5.41) is 9.77. The number of likely N-dealkylation sites (tertiary alicyclic amines) is 1. The van der Waals surface area contributed by atoms with Crippen molar-refractivity contribution >= 4 is 23.5 Å². The molecule has 1 aromatic carbocycles. The van der Waals surface area contributed by atoms with Crippen molar-refractivity contribution in [2.45, 2.75) is 12.5 Å². The largest absolute Gasteiger partial charge is 0.480 e. The minimum Gasteiger partial charge on any atom is -0.480 e. The van der Waals surface area contributed by atoms with E-state index in [0.717, 1.165) is 6.42 Å². The number of hydrogen-bond acceptors (Lipinski definition) is 2. The molecule has 18 heavy (non-hydrogen) atoms. The van der Waals surface area contributed by atoms with Crippen LogP contribution in [0.15, 0.2) is 24.3 Å². The Labute approximate surface area is 109 Å². The molecule has 1 aromatic rings. The summed E-state index contributed by atoms with van der Waals surface area (Å²) in [5.41, 5.74) is 0.493. The first-order valence-corrected chi connectivity index (χ1v) is 6.25. The van der Waals surface area contributed by atoms with E-state index in [1.807, 2.05) is 0 Å². The molecule has 94 valence electrons. The molecular weight excluding hydrogens is 254 g/mol. The zero-order valence-electron chi connectivity index (χ0n) is 9.54. The molecule has 3 rings (SSSR count). The van der Waals surface area contributed by atoms with Crippen LogP contribution in [-0.4, -0.2) is 34.5 Å². The van der Waals surface area contributed by atoms with Crippen LogP contribution in [0, 0.1) is 11.8 Å². The molecule has 1 heterocycles. The summed E-state index contributed by atoms with van der Waals surface area (Å²) in [6, 6.07) is 5.89. The van der Waals surface area contributed by atoms with Gasteiger partial charge in [0, 0.05) is 17.1 Å². The molecule has 1 saturated heterocycles. The Morgan fingerprint density at radius 3 is 2.56 bits per heavy atom. The number of fused-ring (bicyclic) bond motifs is 1. The number of carboxylic acids is 1. The average Bonchev–Trinajstić information content (AvgIpc) is 2.99. The first-order chi connectivity index (χ1) is 8.58. The topological polar surface area (TPSA) is 57.6 Å². The number of nitrogens with zero attached hydrogens (tertiary/aromatic N) is 1. The Balaban J connectivity index is 1.84. The van der Waals surface area contributed by atoms with Gasteiger partial charge in [0.1, 0.15) is 6.04 Å². The highest BCUT2D eigenvalue weighted by Crippen LogP contribution is 2.49. The second-order valence-electron chi connectivity index (χ2n) is 4.91. The zero-order valence-corrected chi connectivity index (χ0v) is 10.3. The summed E-state index contributed by atoms with van der Waals surface area (Å²) < 4.78 is 0. The molecule has 3 atom stereocenters. The molecule has 2 aliphatic rings. The maximum Gasteiger partial charge on any atom is 0.326 e. The Bertz CT molecular complexity index is 513. The van der Waals surface area contributed by atoms with Gasteiger partial charge in [0.25, 0.3) is 5.91 Å². The van der Waals surface area contributed by atoms with E-state index in [1.54, 1.807) is 24.3 Å². The normalized spacial score (nSPS) is 28.9. The number of carbonyl (C=O) groups is 2.